The maximum Gasteiger partial charge on any atom is 0.0816 e. The molecule has 1 aliphatic rings. The van der Waals surface area contributed by atoms with Gasteiger partial charge in [0.25, 0.3) is 0 Å². The van der Waals surface area contributed by atoms with E-state index in [2.05, 4.69) is 13.8 Å². The summed E-state index contributed by atoms with van der Waals surface area (Å²) in [4.78, 5) is 0. The molecule has 2 N–H and O–H groups in total. The van der Waals surface area contributed by atoms with Crippen LogP contribution in [0.2, 0.25) is 0 Å². The molecule has 1 fully saturated rings. The zero-order valence-corrected chi connectivity index (χ0v) is 11.1. The molecule has 17 heavy (non-hydrogen) atoms. The molecule has 0 aromatic rings. The van der Waals surface area contributed by atoms with E-state index in [4.69, 9.17) is 9.47 Å². The Labute approximate surface area is 104 Å². The second-order valence-corrected chi connectivity index (χ2v) is 5.13. The van der Waals surface area contributed by atoms with Crippen LogP contribution in [0, 0.1) is 11.8 Å². The van der Waals surface area contributed by atoms with Crippen LogP contribution in [0.4, 0.5) is 0 Å². The summed E-state index contributed by atoms with van der Waals surface area (Å²) in [7, 11) is 1.64. The molecule has 1 saturated heterocycles. The van der Waals surface area contributed by atoms with Crippen molar-refractivity contribution in [1.29, 1.82) is 0 Å². The number of methoxy groups -OCH3 is 1. The van der Waals surface area contributed by atoms with E-state index >= 15 is 0 Å². The molecule has 0 aliphatic carbocycles. The highest BCUT2D eigenvalue weighted by atomic mass is 16.5. The van der Waals surface area contributed by atoms with Gasteiger partial charge in [-0.05, 0) is 24.7 Å². The van der Waals surface area contributed by atoms with Gasteiger partial charge in [0.2, 0.25) is 0 Å². The smallest absolute Gasteiger partial charge is 0.0816 e. The minimum atomic E-state index is -0.308. The molecule has 0 aromatic carbocycles. The fourth-order valence-corrected chi connectivity index (χ4v) is 2.70. The first-order valence-electron chi connectivity index (χ1n) is 6.55. The molecule has 4 nitrogen and oxygen atoms in total. The Morgan fingerprint density at radius 3 is 2.53 bits per heavy atom. The third kappa shape index (κ3) is 4.21. The Morgan fingerprint density at radius 2 is 2.00 bits per heavy atom. The van der Waals surface area contributed by atoms with E-state index < -0.39 is 0 Å². The lowest BCUT2D eigenvalue weighted by atomic mass is 9.82. The van der Waals surface area contributed by atoms with Crippen molar-refractivity contribution in [2.75, 3.05) is 20.3 Å². The third-order valence-corrected chi connectivity index (χ3v) is 3.73. The van der Waals surface area contributed by atoms with Gasteiger partial charge in [-0.3, -0.25) is 0 Å². The number of hydrogen-bond donors (Lipinski definition) is 2. The fraction of sp³-hybridized carbons (Fsp3) is 1.00. The molecule has 0 aromatic heterocycles. The number of hydrogen-bond acceptors (Lipinski definition) is 4. The van der Waals surface area contributed by atoms with Crippen LogP contribution in [0.5, 0.6) is 0 Å². The molecule has 5 unspecified atom stereocenters. The lowest BCUT2D eigenvalue weighted by Gasteiger charge is -2.36. The highest BCUT2D eigenvalue weighted by molar-refractivity contribution is 4.81. The average Bonchev–Trinajstić information content (AvgIpc) is 2.32. The van der Waals surface area contributed by atoms with E-state index in [1.54, 1.807) is 7.11 Å². The van der Waals surface area contributed by atoms with Crippen LogP contribution in [-0.4, -0.2) is 48.8 Å². The summed E-state index contributed by atoms with van der Waals surface area (Å²) in [5.74, 6) is 0.422. The molecule has 0 amide bonds. The van der Waals surface area contributed by atoms with E-state index in [0.29, 0.717) is 6.61 Å². The Bertz CT molecular complexity index is 208. The van der Waals surface area contributed by atoms with Gasteiger partial charge < -0.3 is 19.7 Å². The molecule has 1 aliphatic heterocycles. The van der Waals surface area contributed by atoms with Gasteiger partial charge in [0.1, 0.15) is 0 Å². The summed E-state index contributed by atoms with van der Waals surface area (Å²) in [5.41, 5.74) is 0. The summed E-state index contributed by atoms with van der Waals surface area (Å²) >= 11 is 0. The number of aliphatic hydroxyl groups excluding tert-OH is 2. The van der Waals surface area contributed by atoms with Gasteiger partial charge in [0, 0.05) is 7.11 Å². The molecule has 102 valence electrons. The second kappa shape index (κ2) is 7.31. The fourth-order valence-electron chi connectivity index (χ4n) is 2.70. The van der Waals surface area contributed by atoms with Gasteiger partial charge in [0.15, 0.2) is 0 Å². The maximum atomic E-state index is 10.3. The van der Waals surface area contributed by atoms with Crippen LogP contribution >= 0.6 is 0 Å². The van der Waals surface area contributed by atoms with Crippen LogP contribution < -0.4 is 0 Å². The number of rotatable bonds is 4. The molecular formula is C13H26O4. The molecule has 0 spiro atoms. The SMILES string of the molecule is CCC1CC(CO)OC(COC)CC(C)C1O. The molecular weight excluding hydrogens is 220 g/mol. The third-order valence-electron chi connectivity index (χ3n) is 3.73. The normalized spacial score (nSPS) is 39.7. The van der Waals surface area contributed by atoms with Gasteiger partial charge in [-0.1, -0.05) is 20.3 Å². The molecule has 0 radical (unpaired) electrons. The first-order valence-corrected chi connectivity index (χ1v) is 6.55. The summed E-state index contributed by atoms with van der Waals surface area (Å²) in [6.45, 7) is 4.66. The quantitative estimate of drug-likeness (QED) is 0.782. The van der Waals surface area contributed by atoms with Crippen molar-refractivity contribution >= 4 is 0 Å². The van der Waals surface area contributed by atoms with Crippen LogP contribution in [0.25, 0.3) is 0 Å². The highest BCUT2D eigenvalue weighted by Crippen LogP contribution is 2.29. The standard InChI is InChI=1S/C13H26O4/c1-4-10-6-11(7-14)17-12(8-16-3)5-9(2)13(10)15/h9-15H,4-8H2,1-3H3. The number of aliphatic hydroxyl groups is 2. The Morgan fingerprint density at radius 1 is 1.29 bits per heavy atom. The Kier molecular flexibility index (Phi) is 6.41. The van der Waals surface area contributed by atoms with Crippen molar-refractivity contribution in [1.82, 2.24) is 0 Å². The van der Waals surface area contributed by atoms with Gasteiger partial charge in [-0.25, -0.2) is 0 Å². The predicted molar refractivity (Wildman–Crippen MR) is 65.8 cm³/mol. The summed E-state index contributed by atoms with van der Waals surface area (Å²) in [6.07, 6.45) is 1.90. The van der Waals surface area contributed by atoms with Crippen LogP contribution in [-0.2, 0) is 9.47 Å². The van der Waals surface area contributed by atoms with Crippen molar-refractivity contribution in [3.8, 4) is 0 Å². The molecule has 1 rings (SSSR count). The van der Waals surface area contributed by atoms with Crippen molar-refractivity contribution < 1.29 is 19.7 Å². The largest absolute Gasteiger partial charge is 0.394 e. The molecule has 5 atom stereocenters. The highest BCUT2D eigenvalue weighted by Gasteiger charge is 2.32. The lowest BCUT2D eigenvalue weighted by Crippen LogP contribution is -2.40. The van der Waals surface area contributed by atoms with Crippen molar-refractivity contribution in [2.24, 2.45) is 11.8 Å². The first-order chi connectivity index (χ1) is 8.12. The molecule has 0 saturated carbocycles. The van der Waals surface area contributed by atoms with Crippen molar-refractivity contribution in [3.63, 3.8) is 0 Å². The summed E-state index contributed by atoms with van der Waals surface area (Å²) in [6, 6.07) is 0. The van der Waals surface area contributed by atoms with Gasteiger partial charge in [0.05, 0.1) is 31.5 Å². The molecule has 0 bridgehead atoms. The average molecular weight is 246 g/mol. The lowest BCUT2D eigenvalue weighted by molar-refractivity contribution is -0.116. The maximum absolute atomic E-state index is 10.3. The van der Waals surface area contributed by atoms with Crippen LogP contribution in [0.3, 0.4) is 0 Å². The number of ether oxygens (including phenoxy) is 2. The Balaban J connectivity index is 2.69. The van der Waals surface area contributed by atoms with Gasteiger partial charge >= 0.3 is 0 Å². The molecule has 4 heteroatoms. The topological polar surface area (TPSA) is 58.9 Å². The predicted octanol–water partition coefficient (Wildman–Crippen LogP) is 1.20. The molecule has 1 heterocycles. The zero-order valence-electron chi connectivity index (χ0n) is 11.1. The van der Waals surface area contributed by atoms with E-state index in [-0.39, 0.29) is 36.8 Å². The van der Waals surface area contributed by atoms with E-state index in [0.717, 1.165) is 19.3 Å². The minimum Gasteiger partial charge on any atom is -0.394 e. The summed E-state index contributed by atoms with van der Waals surface area (Å²) in [5, 5.41) is 19.6. The summed E-state index contributed by atoms with van der Waals surface area (Å²) < 4.78 is 11.0. The van der Waals surface area contributed by atoms with Crippen molar-refractivity contribution in [2.45, 2.75) is 51.4 Å². The zero-order chi connectivity index (χ0) is 12.8. The van der Waals surface area contributed by atoms with E-state index in [1.807, 2.05) is 0 Å². The van der Waals surface area contributed by atoms with Crippen LogP contribution in [0.1, 0.15) is 33.1 Å². The second-order valence-electron chi connectivity index (χ2n) is 5.13. The monoisotopic (exact) mass is 246 g/mol. The first kappa shape index (κ1) is 14.9. The van der Waals surface area contributed by atoms with E-state index in [9.17, 15) is 10.2 Å². The Hall–Kier alpha value is -0.160. The van der Waals surface area contributed by atoms with Gasteiger partial charge in [-0.15, -0.1) is 0 Å². The minimum absolute atomic E-state index is 0.0117. The van der Waals surface area contributed by atoms with Gasteiger partial charge in [-0.2, -0.15) is 0 Å². The van der Waals surface area contributed by atoms with Crippen molar-refractivity contribution in [3.05, 3.63) is 0 Å². The van der Waals surface area contributed by atoms with Crippen LogP contribution in [0.15, 0.2) is 0 Å². The van der Waals surface area contributed by atoms with E-state index in [1.165, 1.54) is 0 Å².